The molecule has 5 rings (SSSR count). The summed E-state index contributed by atoms with van der Waals surface area (Å²) in [4.78, 5) is 31.8. The molecule has 11 heteroatoms. The SMILES string of the molecule is COc1ccc(C2=NN(C(=O)CN(CCN3CCOCC3)C(=O)c3cccs3)[C@H](c3ccc(F)cc3)C2)c(OC)c1. The van der Waals surface area contributed by atoms with Crippen LogP contribution in [0.4, 0.5) is 4.39 Å². The third-order valence-corrected chi connectivity index (χ3v) is 8.13. The second-order valence-corrected chi connectivity index (χ2v) is 10.7. The first kappa shape index (κ1) is 28.7. The van der Waals surface area contributed by atoms with Crippen molar-refractivity contribution in [1.82, 2.24) is 14.8 Å². The Kier molecular flexibility index (Phi) is 9.28. The maximum absolute atomic E-state index is 13.9. The topological polar surface area (TPSA) is 83.9 Å². The van der Waals surface area contributed by atoms with Crippen molar-refractivity contribution in [3.63, 3.8) is 0 Å². The van der Waals surface area contributed by atoms with Gasteiger partial charge in [-0.3, -0.25) is 14.5 Å². The van der Waals surface area contributed by atoms with Crippen molar-refractivity contribution in [2.45, 2.75) is 12.5 Å². The Morgan fingerprint density at radius 2 is 1.88 bits per heavy atom. The summed E-state index contributed by atoms with van der Waals surface area (Å²) in [5.74, 6) is 0.317. The number of carbonyl (C=O) groups is 2. The summed E-state index contributed by atoms with van der Waals surface area (Å²) in [7, 11) is 3.14. The second kappa shape index (κ2) is 13.2. The Balaban J connectivity index is 1.43. The van der Waals surface area contributed by atoms with Crippen molar-refractivity contribution in [3.05, 3.63) is 81.8 Å². The van der Waals surface area contributed by atoms with E-state index in [1.807, 2.05) is 23.6 Å². The monoisotopic (exact) mass is 580 g/mol. The van der Waals surface area contributed by atoms with Crippen LogP contribution in [0.15, 0.2) is 65.1 Å². The lowest BCUT2D eigenvalue weighted by Crippen LogP contribution is -2.46. The molecule has 2 amide bonds. The Labute approximate surface area is 242 Å². The molecule has 0 bridgehead atoms. The van der Waals surface area contributed by atoms with Crippen LogP contribution in [0.3, 0.4) is 0 Å². The summed E-state index contributed by atoms with van der Waals surface area (Å²) in [6.45, 7) is 3.74. The smallest absolute Gasteiger partial charge is 0.264 e. The molecule has 9 nitrogen and oxygen atoms in total. The van der Waals surface area contributed by atoms with Crippen LogP contribution in [0.25, 0.3) is 0 Å². The number of amides is 2. The molecule has 2 aliphatic rings. The predicted octanol–water partition coefficient (Wildman–Crippen LogP) is 4.06. The highest BCUT2D eigenvalue weighted by molar-refractivity contribution is 7.12. The number of rotatable bonds is 10. The molecule has 2 aliphatic heterocycles. The van der Waals surface area contributed by atoms with Gasteiger partial charge >= 0.3 is 0 Å². The predicted molar refractivity (Wildman–Crippen MR) is 154 cm³/mol. The van der Waals surface area contributed by atoms with E-state index >= 15 is 0 Å². The van der Waals surface area contributed by atoms with E-state index in [0.29, 0.717) is 54.8 Å². The van der Waals surface area contributed by atoms with E-state index < -0.39 is 6.04 Å². The molecule has 0 aliphatic carbocycles. The van der Waals surface area contributed by atoms with E-state index in [9.17, 15) is 14.0 Å². The van der Waals surface area contributed by atoms with Crippen molar-refractivity contribution >= 4 is 28.9 Å². The van der Waals surface area contributed by atoms with Crippen molar-refractivity contribution in [2.75, 3.05) is 60.2 Å². The van der Waals surface area contributed by atoms with Crippen LogP contribution in [-0.4, -0.2) is 92.5 Å². The van der Waals surface area contributed by atoms with Gasteiger partial charge in [0.05, 0.1) is 44.1 Å². The molecule has 0 saturated carbocycles. The number of thiophene rings is 1. The van der Waals surface area contributed by atoms with E-state index in [2.05, 4.69) is 4.90 Å². The average molecular weight is 581 g/mol. The number of hydrazone groups is 1. The lowest BCUT2D eigenvalue weighted by atomic mass is 9.97. The molecule has 1 saturated heterocycles. The van der Waals surface area contributed by atoms with Gasteiger partial charge in [0.25, 0.3) is 11.8 Å². The van der Waals surface area contributed by atoms with Crippen molar-refractivity contribution in [2.24, 2.45) is 5.10 Å². The van der Waals surface area contributed by atoms with Crippen molar-refractivity contribution in [1.29, 1.82) is 0 Å². The molecule has 2 aromatic carbocycles. The van der Waals surface area contributed by atoms with E-state index in [4.69, 9.17) is 19.3 Å². The van der Waals surface area contributed by atoms with Gasteiger partial charge in [0, 0.05) is 44.2 Å². The standard InChI is InChI=1S/C30H33FN4O5S/c1-38-23-9-10-24(27(18-23)39-2)25-19-26(21-5-7-22(31)8-6-21)35(32-25)29(36)20-34(30(37)28-4-3-17-41-28)12-11-33-13-15-40-16-14-33/h3-10,17-18,26H,11-16,19-20H2,1-2H3/t26-/m0/s1. The largest absolute Gasteiger partial charge is 0.497 e. The number of ether oxygens (including phenoxy) is 3. The first-order valence-corrected chi connectivity index (χ1v) is 14.3. The number of halogens is 1. The number of nitrogens with zero attached hydrogens (tertiary/aromatic N) is 4. The van der Waals surface area contributed by atoms with Crippen molar-refractivity contribution in [3.8, 4) is 11.5 Å². The zero-order valence-corrected chi connectivity index (χ0v) is 23.9. The van der Waals surface area contributed by atoms with Crippen LogP contribution in [0, 0.1) is 5.82 Å². The molecule has 0 N–H and O–H groups in total. The fraction of sp³-hybridized carbons (Fsp3) is 0.367. The van der Waals surface area contributed by atoms with Crippen LogP contribution < -0.4 is 9.47 Å². The fourth-order valence-corrected chi connectivity index (χ4v) is 5.71. The molecule has 3 heterocycles. The minimum absolute atomic E-state index is 0.144. The summed E-state index contributed by atoms with van der Waals surface area (Å²) in [5.41, 5.74) is 2.13. The van der Waals surface area contributed by atoms with Crippen LogP contribution in [0.5, 0.6) is 11.5 Å². The molecular formula is C30H33FN4O5S. The van der Waals surface area contributed by atoms with Gasteiger partial charge in [0.2, 0.25) is 0 Å². The summed E-state index contributed by atoms with van der Waals surface area (Å²) in [5, 5.41) is 8.02. The molecule has 1 fully saturated rings. The molecule has 1 aromatic heterocycles. The number of carbonyl (C=O) groups excluding carboxylic acids is 2. The molecule has 0 spiro atoms. The van der Waals surface area contributed by atoms with Gasteiger partial charge in [-0.1, -0.05) is 18.2 Å². The fourth-order valence-electron chi connectivity index (χ4n) is 5.02. The average Bonchev–Trinajstić information content (AvgIpc) is 3.71. The van der Waals surface area contributed by atoms with Gasteiger partial charge < -0.3 is 19.1 Å². The number of methoxy groups -OCH3 is 2. The Morgan fingerprint density at radius 1 is 1.10 bits per heavy atom. The molecule has 3 aromatic rings. The maximum atomic E-state index is 13.9. The van der Waals surface area contributed by atoms with E-state index in [1.165, 1.54) is 28.5 Å². The summed E-state index contributed by atoms with van der Waals surface area (Å²) >= 11 is 1.35. The highest BCUT2D eigenvalue weighted by Gasteiger charge is 2.35. The quantitative estimate of drug-likeness (QED) is 0.360. The summed E-state index contributed by atoms with van der Waals surface area (Å²) in [6, 6.07) is 14.6. The van der Waals surface area contributed by atoms with E-state index in [0.717, 1.165) is 24.2 Å². The number of hydrogen-bond acceptors (Lipinski definition) is 8. The zero-order chi connectivity index (χ0) is 28.8. The lowest BCUT2D eigenvalue weighted by Gasteiger charge is -2.31. The molecular weight excluding hydrogens is 547 g/mol. The summed E-state index contributed by atoms with van der Waals surface area (Å²) in [6.07, 6.45) is 0.396. The van der Waals surface area contributed by atoms with Crippen LogP contribution in [-0.2, 0) is 9.53 Å². The maximum Gasteiger partial charge on any atom is 0.264 e. The number of benzene rings is 2. The van der Waals surface area contributed by atoms with Gasteiger partial charge in [-0.2, -0.15) is 5.10 Å². The first-order chi connectivity index (χ1) is 20.0. The van der Waals surface area contributed by atoms with Crippen LogP contribution in [0.1, 0.15) is 33.3 Å². The van der Waals surface area contributed by atoms with Crippen molar-refractivity contribution < 1.29 is 28.2 Å². The second-order valence-electron chi connectivity index (χ2n) is 9.78. The normalized spacial score (nSPS) is 17.3. The van der Waals surface area contributed by atoms with E-state index in [1.54, 1.807) is 43.4 Å². The third kappa shape index (κ3) is 6.75. The van der Waals surface area contributed by atoms with Crippen LogP contribution >= 0.6 is 11.3 Å². The van der Waals surface area contributed by atoms with Gasteiger partial charge in [-0.05, 0) is 41.3 Å². The molecule has 0 radical (unpaired) electrons. The summed E-state index contributed by atoms with van der Waals surface area (Å²) < 4.78 is 30.2. The van der Waals surface area contributed by atoms with Gasteiger partial charge in [0.15, 0.2) is 0 Å². The Hall–Kier alpha value is -3.80. The highest BCUT2D eigenvalue weighted by Crippen LogP contribution is 2.36. The van der Waals surface area contributed by atoms with Crippen LogP contribution in [0.2, 0.25) is 0 Å². The highest BCUT2D eigenvalue weighted by atomic mass is 32.1. The lowest BCUT2D eigenvalue weighted by molar-refractivity contribution is -0.133. The number of morpholine rings is 1. The van der Waals surface area contributed by atoms with Gasteiger partial charge in [-0.15, -0.1) is 11.3 Å². The van der Waals surface area contributed by atoms with Gasteiger partial charge in [-0.25, -0.2) is 9.40 Å². The van der Waals surface area contributed by atoms with E-state index in [-0.39, 0.29) is 24.2 Å². The molecule has 0 unspecified atom stereocenters. The molecule has 41 heavy (non-hydrogen) atoms. The molecule has 1 atom stereocenters. The Bertz CT molecular complexity index is 1380. The van der Waals surface area contributed by atoms with Gasteiger partial charge in [0.1, 0.15) is 23.9 Å². The molecule has 216 valence electrons. The first-order valence-electron chi connectivity index (χ1n) is 13.5. The zero-order valence-electron chi connectivity index (χ0n) is 23.1. The number of hydrogen-bond donors (Lipinski definition) is 0. The minimum Gasteiger partial charge on any atom is -0.497 e. The minimum atomic E-state index is -0.470. The Morgan fingerprint density at radius 3 is 2.56 bits per heavy atom. The third-order valence-electron chi connectivity index (χ3n) is 7.28.